The highest BCUT2D eigenvalue weighted by Crippen LogP contribution is 2.19. The van der Waals surface area contributed by atoms with Crippen LogP contribution >= 0.6 is 0 Å². The summed E-state index contributed by atoms with van der Waals surface area (Å²) in [6.07, 6.45) is 5.84. The van der Waals surface area contributed by atoms with Crippen molar-refractivity contribution in [2.45, 2.75) is 0 Å². The quantitative estimate of drug-likeness (QED) is 0.553. The van der Waals surface area contributed by atoms with E-state index in [9.17, 15) is 4.79 Å². The fourth-order valence-corrected chi connectivity index (χ4v) is 2.91. The van der Waals surface area contributed by atoms with Gasteiger partial charge in [0.2, 0.25) is 0 Å². The Labute approximate surface area is 178 Å². The number of rotatable bonds is 7. The van der Waals surface area contributed by atoms with Crippen LogP contribution in [0, 0.1) is 0 Å². The van der Waals surface area contributed by atoms with Crippen molar-refractivity contribution in [2.75, 3.05) is 26.1 Å². The van der Waals surface area contributed by atoms with E-state index in [4.69, 9.17) is 4.74 Å². The number of allylic oxidation sites excluding steroid dienone is 2. The first-order chi connectivity index (χ1) is 14.6. The second-order valence-corrected chi connectivity index (χ2v) is 6.97. The summed E-state index contributed by atoms with van der Waals surface area (Å²) in [5.41, 5.74) is 4.35. The van der Waals surface area contributed by atoms with Crippen molar-refractivity contribution < 1.29 is 9.53 Å². The van der Waals surface area contributed by atoms with Crippen LogP contribution in [0.1, 0.15) is 21.5 Å². The molecule has 4 nitrogen and oxygen atoms in total. The van der Waals surface area contributed by atoms with Gasteiger partial charge in [-0.15, -0.1) is 0 Å². The van der Waals surface area contributed by atoms with Gasteiger partial charge in [0, 0.05) is 31.0 Å². The lowest BCUT2D eigenvalue weighted by Crippen LogP contribution is -2.22. The van der Waals surface area contributed by atoms with Gasteiger partial charge in [-0.2, -0.15) is 0 Å². The first-order valence-electron chi connectivity index (χ1n) is 9.73. The zero-order valence-electron chi connectivity index (χ0n) is 17.5. The highest BCUT2D eigenvalue weighted by Gasteiger charge is 2.10. The minimum Gasteiger partial charge on any atom is -0.497 e. The largest absolute Gasteiger partial charge is 0.497 e. The molecule has 0 radical (unpaired) electrons. The number of methoxy groups -OCH3 is 1. The maximum absolute atomic E-state index is 12.9. The lowest BCUT2D eigenvalue weighted by atomic mass is 10.1. The van der Waals surface area contributed by atoms with Crippen molar-refractivity contribution in [1.82, 2.24) is 5.32 Å². The Kier molecular flexibility index (Phi) is 7.06. The summed E-state index contributed by atoms with van der Waals surface area (Å²) in [6.45, 7) is 0. The molecule has 3 aromatic rings. The van der Waals surface area contributed by atoms with Crippen molar-refractivity contribution in [3.63, 3.8) is 0 Å². The lowest BCUT2D eigenvalue weighted by Gasteiger charge is -2.14. The molecular formula is C26H26N2O2. The third-order valence-electron chi connectivity index (χ3n) is 4.65. The van der Waals surface area contributed by atoms with E-state index in [0.29, 0.717) is 11.3 Å². The summed E-state index contributed by atoms with van der Waals surface area (Å²) >= 11 is 0. The Morgan fingerprint density at radius 1 is 0.867 bits per heavy atom. The highest BCUT2D eigenvalue weighted by atomic mass is 16.5. The Morgan fingerprint density at radius 3 is 2.10 bits per heavy atom. The molecule has 0 fully saturated rings. The summed E-state index contributed by atoms with van der Waals surface area (Å²) in [5.74, 6) is 0.610. The van der Waals surface area contributed by atoms with Crippen LogP contribution in [0.5, 0.6) is 5.75 Å². The Balaban J connectivity index is 1.85. The summed E-state index contributed by atoms with van der Waals surface area (Å²) < 4.78 is 5.24. The molecule has 30 heavy (non-hydrogen) atoms. The maximum Gasteiger partial charge on any atom is 0.255 e. The fraction of sp³-hybridized carbons (Fsp3) is 0.115. The van der Waals surface area contributed by atoms with E-state index < -0.39 is 0 Å². The first-order valence-corrected chi connectivity index (χ1v) is 9.73. The minimum absolute atomic E-state index is 0.157. The molecule has 4 heteroatoms. The predicted molar refractivity (Wildman–Crippen MR) is 125 cm³/mol. The van der Waals surface area contributed by atoms with Crippen LogP contribution in [0.25, 0.3) is 11.8 Å². The molecule has 152 valence electrons. The van der Waals surface area contributed by atoms with Crippen LogP contribution in [0.15, 0.2) is 91.0 Å². The van der Waals surface area contributed by atoms with E-state index in [1.54, 1.807) is 7.11 Å². The van der Waals surface area contributed by atoms with Crippen LogP contribution in [-0.2, 0) is 0 Å². The third-order valence-corrected chi connectivity index (χ3v) is 4.65. The van der Waals surface area contributed by atoms with Crippen LogP contribution in [-0.4, -0.2) is 27.1 Å². The second kappa shape index (κ2) is 10.1. The summed E-state index contributed by atoms with van der Waals surface area (Å²) in [7, 11) is 5.57. The number of benzene rings is 3. The number of ether oxygens (including phenoxy) is 1. The molecule has 0 aliphatic carbocycles. The fourth-order valence-electron chi connectivity index (χ4n) is 2.91. The van der Waals surface area contributed by atoms with E-state index >= 15 is 0 Å². The first kappa shape index (κ1) is 20.9. The second-order valence-electron chi connectivity index (χ2n) is 6.97. The zero-order valence-corrected chi connectivity index (χ0v) is 17.5. The van der Waals surface area contributed by atoms with Gasteiger partial charge in [0.15, 0.2) is 0 Å². The molecule has 3 rings (SSSR count). The normalized spacial score (nSPS) is 11.4. The van der Waals surface area contributed by atoms with Crippen LogP contribution in [0.3, 0.4) is 0 Å². The van der Waals surface area contributed by atoms with Gasteiger partial charge >= 0.3 is 0 Å². The number of amides is 1. The molecule has 0 spiro atoms. The monoisotopic (exact) mass is 398 g/mol. The van der Waals surface area contributed by atoms with E-state index in [1.165, 1.54) is 0 Å². The standard InChI is InChI=1S/C26H26N2O2/c1-28(2)23-16-12-22(13-17-23)26(29)27-25(21-14-18-24(30-3)19-15-21)11-7-10-20-8-5-4-6-9-20/h4-19H,1-3H3,(H,27,29)/b10-7+,25-11+. The minimum atomic E-state index is -0.157. The van der Waals surface area contributed by atoms with E-state index in [-0.39, 0.29) is 5.91 Å². The smallest absolute Gasteiger partial charge is 0.255 e. The van der Waals surface area contributed by atoms with Crippen molar-refractivity contribution >= 4 is 23.4 Å². The van der Waals surface area contributed by atoms with Gasteiger partial charge < -0.3 is 15.0 Å². The molecule has 1 amide bonds. The van der Waals surface area contributed by atoms with Gasteiger partial charge in [0.1, 0.15) is 5.75 Å². The van der Waals surface area contributed by atoms with Crippen LogP contribution in [0.2, 0.25) is 0 Å². The van der Waals surface area contributed by atoms with Gasteiger partial charge in [-0.05, 0) is 65.7 Å². The van der Waals surface area contributed by atoms with Crippen molar-refractivity contribution in [3.8, 4) is 5.75 Å². The van der Waals surface area contributed by atoms with Crippen molar-refractivity contribution in [3.05, 3.63) is 108 Å². The molecule has 0 saturated carbocycles. The van der Waals surface area contributed by atoms with Crippen LogP contribution < -0.4 is 15.0 Å². The Morgan fingerprint density at radius 2 is 1.50 bits per heavy atom. The van der Waals surface area contributed by atoms with Crippen molar-refractivity contribution in [2.24, 2.45) is 0 Å². The zero-order chi connectivity index (χ0) is 21.3. The van der Waals surface area contributed by atoms with Crippen molar-refractivity contribution in [1.29, 1.82) is 0 Å². The summed E-state index contributed by atoms with van der Waals surface area (Å²) in [6, 6.07) is 25.2. The molecule has 0 unspecified atom stereocenters. The average molecular weight is 399 g/mol. The number of hydrogen-bond donors (Lipinski definition) is 1. The average Bonchev–Trinajstić information content (AvgIpc) is 2.79. The molecule has 0 heterocycles. The van der Waals surface area contributed by atoms with E-state index in [2.05, 4.69) is 5.32 Å². The number of nitrogens with zero attached hydrogens (tertiary/aromatic N) is 1. The summed E-state index contributed by atoms with van der Waals surface area (Å²) in [5, 5.41) is 3.04. The molecular weight excluding hydrogens is 372 g/mol. The summed E-state index contributed by atoms with van der Waals surface area (Å²) in [4.78, 5) is 14.9. The van der Waals surface area contributed by atoms with Gasteiger partial charge in [-0.3, -0.25) is 4.79 Å². The van der Waals surface area contributed by atoms with E-state index in [1.807, 2.05) is 116 Å². The molecule has 0 atom stereocenters. The van der Waals surface area contributed by atoms with Gasteiger partial charge in [-0.25, -0.2) is 0 Å². The SMILES string of the molecule is COc1ccc(/C(=C\C=C\c2ccccc2)NC(=O)c2ccc(N(C)C)cc2)cc1. The van der Waals surface area contributed by atoms with Gasteiger partial charge in [-0.1, -0.05) is 42.5 Å². The number of nitrogens with one attached hydrogen (secondary N) is 1. The third kappa shape index (κ3) is 5.61. The molecule has 0 saturated heterocycles. The molecule has 0 aliphatic rings. The molecule has 0 bridgehead atoms. The lowest BCUT2D eigenvalue weighted by molar-refractivity contribution is 0.0973. The maximum atomic E-state index is 12.9. The molecule has 3 aromatic carbocycles. The Hall–Kier alpha value is -3.79. The molecule has 0 aromatic heterocycles. The topological polar surface area (TPSA) is 41.6 Å². The number of carbonyl (C=O) groups excluding carboxylic acids is 1. The molecule has 1 N–H and O–H groups in total. The highest BCUT2D eigenvalue weighted by molar-refractivity contribution is 6.00. The molecule has 0 aliphatic heterocycles. The number of anilines is 1. The van der Waals surface area contributed by atoms with Crippen LogP contribution in [0.4, 0.5) is 5.69 Å². The Bertz CT molecular complexity index is 1020. The number of carbonyl (C=O) groups is 1. The number of hydrogen-bond acceptors (Lipinski definition) is 3. The predicted octanol–water partition coefficient (Wildman–Crippen LogP) is 5.25. The van der Waals surface area contributed by atoms with Gasteiger partial charge in [0.05, 0.1) is 7.11 Å². The van der Waals surface area contributed by atoms with Gasteiger partial charge in [0.25, 0.3) is 5.91 Å². The van der Waals surface area contributed by atoms with E-state index in [0.717, 1.165) is 22.6 Å².